The lowest BCUT2D eigenvalue weighted by Crippen LogP contribution is -1.94. The van der Waals surface area contributed by atoms with Crippen molar-refractivity contribution >= 4 is 44.7 Å². The fourth-order valence-corrected chi connectivity index (χ4v) is 2.25. The van der Waals surface area contributed by atoms with Crippen LogP contribution in [0.1, 0.15) is 0 Å². The maximum absolute atomic E-state index is 10.0. The fraction of sp³-hybridized carbons (Fsp3) is 0. The van der Waals surface area contributed by atoms with Gasteiger partial charge >= 0.3 is 0 Å². The van der Waals surface area contributed by atoms with Crippen molar-refractivity contribution in [1.82, 2.24) is 0 Å². The van der Waals surface area contributed by atoms with E-state index in [1.807, 2.05) is 0 Å². The van der Waals surface area contributed by atoms with Crippen LogP contribution in [0, 0.1) is 0 Å². The van der Waals surface area contributed by atoms with Gasteiger partial charge in [0.05, 0.1) is 0 Å². The number of carbonyl (C=O) groups excluding carboxylic acids is 1. The van der Waals surface area contributed by atoms with Gasteiger partial charge in [-0.3, -0.25) is 0 Å². The molecule has 0 aliphatic carbocycles. The van der Waals surface area contributed by atoms with Crippen molar-refractivity contribution in [2.75, 3.05) is 0 Å². The third-order valence-corrected chi connectivity index (χ3v) is 4.54. The van der Waals surface area contributed by atoms with Gasteiger partial charge in [0.15, 0.2) is 16.5 Å². The first-order valence-electron chi connectivity index (χ1n) is 1.25. The molecule has 0 amide bonds. The monoisotopic (exact) mass is 150 g/mol. The van der Waals surface area contributed by atoms with Gasteiger partial charge in [-0.1, -0.05) is 0 Å². The molecular formula is CH2OS2Si2. The van der Waals surface area contributed by atoms with Crippen LogP contribution < -0.4 is 0 Å². The zero-order valence-electron chi connectivity index (χ0n) is 2.88. The van der Waals surface area contributed by atoms with E-state index in [1.165, 1.54) is 0 Å². The number of hydrogen-bond donors (Lipinski definition) is 0. The average molecular weight is 150 g/mol. The fourth-order valence-electron chi connectivity index (χ4n) is 0.0278. The Morgan fingerprint density at radius 2 is 1.67 bits per heavy atom. The van der Waals surface area contributed by atoms with Gasteiger partial charge in [0.1, 0.15) is 5.03 Å². The second kappa shape index (κ2) is 3.72. The summed E-state index contributed by atoms with van der Waals surface area (Å²) < 4.78 is 0. The predicted molar refractivity (Wildman–Crippen MR) is 34.9 cm³/mol. The van der Waals surface area contributed by atoms with Gasteiger partial charge in [-0.15, -0.1) is 23.3 Å². The highest BCUT2D eigenvalue weighted by Gasteiger charge is 1.81. The molecular weight excluding hydrogens is 148 g/mol. The third-order valence-electron chi connectivity index (χ3n) is 0.232. The standard InChI is InChI=1S/CH2OS2Si2/c2-1(5-3)6-4/h5-6H. The van der Waals surface area contributed by atoms with Gasteiger partial charge in [-0.25, -0.2) is 0 Å². The minimum Gasteiger partial charge on any atom is -0.301 e. The van der Waals surface area contributed by atoms with E-state index in [0.717, 1.165) is 0 Å². The van der Waals surface area contributed by atoms with E-state index >= 15 is 0 Å². The van der Waals surface area contributed by atoms with Crippen LogP contribution in [0.2, 0.25) is 0 Å². The largest absolute Gasteiger partial charge is 0.301 e. The van der Waals surface area contributed by atoms with Gasteiger partial charge in [0.25, 0.3) is 0 Å². The molecule has 5 heteroatoms. The third kappa shape index (κ3) is 2.76. The summed E-state index contributed by atoms with van der Waals surface area (Å²) in [6.45, 7) is 0. The van der Waals surface area contributed by atoms with Crippen LogP contribution in [0.5, 0.6) is 0 Å². The van der Waals surface area contributed by atoms with Crippen LogP contribution in [0.4, 0.5) is 4.79 Å². The summed E-state index contributed by atoms with van der Waals surface area (Å²) in [5.41, 5.74) is 0. The summed E-state index contributed by atoms with van der Waals surface area (Å²) in [4.78, 5) is 10.0. The Bertz CT molecular complexity index is 79.5. The van der Waals surface area contributed by atoms with Crippen molar-refractivity contribution in [3.8, 4) is 0 Å². The Morgan fingerprint density at radius 1 is 1.33 bits per heavy atom. The van der Waals surface area contributed by atoms with Gasteiger partial charge < -0.3 is 4.79 Å². The highest BCUT2D eigenvalue weighted by Crippen LogP contribution is 1.58. The second-order valence-electron chi connectivity index (χ2n) is 0.638. The van der Waals surface area contributed by atoms with E-state index in [-0.39, 0.29) is 21.5 Å². The first-order valence-corrected chi connectivity index (χ1v) is 6.18. The molecule has 0 aromatic carbocycles. The summed E-state index contributed by atoms with van der Waals surface area (Å²) in [5.74, 6) is 0. The molecule has 0 aromatic rings. The lowest BCUT2D eigenvalue weighted by molar-refractivity contribution is 0.275. The van der Waals surface area contributed by atoms with Crippen LogP contribution >= 0.6 is 23.3 Å². The van der Waals surface area contributed by atoms with E-state index in [0.29, 0.717) is 0 Å². The van der Waals surface area contributed by atoms with Crippen LogP contribution in [-0.4, -0.2) is 21.5 Å². The van der Waals surface area contributed by atoms with Crippen LogP contribution in [0.15, 0.2) is 0 Å². The molecule has 6 heavy (non-hydrogen) atoms. The summed E-state index contributed by atoms with van der Waals surface area (Å²) in [5, 5.41) is 0.139. The van der Waals surface area contributed by atoms with E-state index in [9.17, 15) is 4.79 Å². The Hall–Kier alpha value is 0.544. The molecule has 0 aliphatic rings. The van der Waals surface area contributed by atoms with Gasteiger partial charge in [0, 0.05) is 0 Å². The van der Waals surface area contributed by atoms with E-state index in [1.54, 1.807) is 0 Å². The number of hydrogen-bond acceptors (Lipinski definition) is 3. The molecule has 0 atom stereocenters. The summed E-state index contributed by atoms with van der Waals surface area (Å²) in [7, 11) is -0.775. The SMILES string of the molecule is O=C([SiH]=S)[SiH]=S. The van der Waals surface area contributed by atoms with Crippen molar-refractivity contribution in [3.05, 3.63) is 0 Å². The molecule has 0 aromatic heterocycles. The molecule has 32 valence electrons. The Morgan fingerprint density at radius 3 is 1.67 bits per heavy atom. The first kappa shape index (κ1) is 6.54. The van der Waals surface area contributed by atoms with Crippen molar-refractivity contribution in [3.63, 3.8) is 0 Å². The van der Waals surface area contributed by atoms with Crippen LogP contribution in [0.3, 0.4) is 0 Å². The van der Waals surface area contributed by atoms with Crippen molar-refractivity contribution < 1.29 is 4.79 Å². The maximum atomic E-state index is 10.0. The van der Waals surface area contributed by atoms with Crippen molar-refractivity contribution in [2.45, 2.75) is 0 Å². The van der Waals surface area contributed by atoms with Crippen molar-refractivity contribution in [2.24, 2.45) is 0 Å². The molecule has 0 rings (SSSR count). The molecule has 0 fully saturated rings. The normalized spacial score (nSPS) is 6.67. The lowest BCUT2D eigenvalue weighted by Gasteiger charge is -1.62. The Labute approximate surface area is 49.9 Å². The molecule has 0 saturated heterocycles. The molecule has 0 saturated carbocycles. The van der Waals surface area contributed by atoms with E-state index in [2.05, 4.69) is 23.3 Å². The lowest BCUT2D eigenvalue weighted by atomic mass is 11.8. The molecule has 1 nitrogen and oxygen atoms in total. The molecule has 0 heterocycles. The predicted octanol–water partition coefficient (Wildman–Crippen LogP) is 0.204. The number of rotatable bonds is 2. The number of carbonyl (C=O) groups is 1. The zero-order valence-corrected chi connectivity index (χ0v) is 6.82. The molecule has 0 radical (unpaired) electrons. The topological polar surface area (TPSA) is 17.1 Å². The van der Waals surface area contributed by atoms with Crippen LogP contribution in [-0.2, 0) is 0 Å². The molecule has 0 aliphatic heterocycles. The summed E-state index contributed by atoms with van der Waals surface area (Å²) in [6, 6.07) is 0. The minimum atomic E-state index is -0.388. The van der Waals surface area contributed by atoms with Crippen LogP contribution in [0.25, 0.3) is 0 Å². The quantitative estimate of drug-likeness (QED) is 0.524. The average Bonchev–Trinajstić information content (AvgIpc) is 1.65. The molecule has 0 spiro atoms. The van der Waals surface area contributed by atoms with E-state index < -0.39 is 0 Å². The summed E-state index contributed by atoms with van der Waals surface area (Å²) >= 11 is 8.92. The molecule has 0 unspecified atom stereocenters. The van der Waals surface area contributed by atoms with E-state index in [4.69, 9.17) is 0 Å². The Balaban J connectivity index is 3.52. The Kier molecular flexibility index (Phi) is 4.06. The second-order valence-corrected chi connectivity index (χ2v) is 4.33. The summed E-state index contributed by atoms with van der Waals surface area (Å²) in [6.07, 6.45) is 0. The first-order chi connectivity index (χ1) is 2.81. The smallest absolute Gasteiger partial charge is 0.157 e. The molecule has 0 bridgehead atoms. The van der Waals surface area contributed by atoms with Gasteiger partial charge in [-0.05, 0) is 0 Å². The highest BCUT2D eigenvalue weighted by atomic mass is 32.2. The molecule has 0 N–H and O–H groups in total. The highest BCUT2D eigenvalue weighted by molar-refractivity contribution is 7.93. The zero-order chi connectivity index (χ0) is 4.99. The maximum Gasteiger partial charge on any atom is 0.157 e. The van der Waals surface area contributed by atoms with Crippen molar-refractivity contribution in [1.29, 1.82) is 0 Å². The minimum absolute atomic E-state index is 0.139. The van der Waals surface area contributed by atoms with Gasteiger partial charge in [0.2, 0.25) is 0 Å². The van der Waals surface area contributed by atoms with Gasteiger partial charge in [-0.2, -0.15) is 0 Å².